The fourth-order valence-corrected chi connectivity index (χ4v) is 8.90. The number of nitrogens with one attached hydrogen (secondary N) is 4. The molecule has 0 radical (unpaired) electrons. The van der Waals surface area contributed by atoms with Gasteiger partial charge in [0.15, 0.2) is 0 Å². The molecule has 5 amide bonds. The first kappa shape index (κ1) is 44.1. The van der Waals surface area contributed by atoms with E-state index in [-0.39, 0.29) is 18.4 Å². The van der Waals surface area contributed by atoms with Crippen LogP contribution in [-0.4, -0.2) is 88.4 Å². The average molecular weight is 794 g/mol. The first-order valence-electron chi connectivity index (χ1n) is 21.0. The molecule has 2 aliphatic carbocycles. The Morgan fingerprint density at radius 1 is 0.877 bits per heavy atom. The number of nitrogens with zero attached hydrogens (tertiary/aromatic N) is 1. The number of amides is 5. The van der Waals surface area contributed by atoms with Crippen molar-refractivity contribution in [2.75, 3.05) is 6.54 Å². The quantitative estimate of drug-likeness (QED) is 0.150. The largest absolute Gasteiger partial charge is 0.458 e. The molecule has 1 aromatic rings. The van der Waals surface area contributed by atoms with Crippen LogP contribution in [0.5, 0.6) is 0 Å². The first-order chi connectivity index (χ1) is 26.5. The normalized spacial score (nSPS) is 24.9. The van der Waals surface area contributed by atoms with Crippen molar-refractivity contribution >= 4 is 35.5 Å². The van der Waals surface area contributed by atoms with Crippen molar-refractivity contribution in [1.82, 2.24) is 26.2 Å². The van der Waals surface area contributed by atoms with Gasteiger partial charge in [-0.1, -0.05) is 90.1 Å². The van der Waals surface area contributed by atoms with E-state index in [1.807, 2.05) is 71.9 Å². The van der Waals surface area contributed by atoms with E-state index in [4.69, 9.17) is 9.47 Å². The number of rotatable bonds is 13. The molecule has 13 heteroatoms. The predicted molar refractivity (Wildman–Crippen MR) is 216 cm³/mol. The minimum absolute atomic E-state index is 0.125. The Hall–Kier alpha value is -4.00. The van der Waals surface area contributed by atoms with Crippen LogP contribution in [0, 0.1) is 22.7 Å². The summed E-state index contributed by atoms with van der Waals surface area (Å²) in [5.41, 5.74) is -1.83. The van der Waals surface area contributed by atoms with Gasteiger partial charge in [-0.05, 0) is 89.5 Å². The van der Waals surface area contributed by atoms with Crippen molar-refractivity contribution in [2.24, 2.45) is 22.7 Å². The van der Waals surface area contributed by atoms with Crippen LogP contribution in [0.3, 0.4) is 0 Å². The molecule has 0 bridgehead atoms. The molecular formula is C44H67N5O8. The maximum atomic E-state index is 15.1. The molecule has 2 heterocycles. The highest BCUT2D eigenvalue weighted by atomic mass is 16.6. The Bertz CT molecular complexity index is 1660. The van der Waals surface area contributed by atoms with Crippen LogP contribution < -0.4 is 21.3 Å². The Morgan fingerprint density at radius 3 is 2.09 bits per heavy atom. The minimum atomic E-state index is -1.07. The highest BCUT2D eigenvalue weighted by Crippen LogP contribution is 2.45. The fourth-order valence-electron chi connectivity index (χ4n) is 8.90. The lowest BCUT2D eigenvalue weighted by atomic mass is 9.70. The zero-order valence-corrected chi connectivity index (χ0v) is 35.8. The van der Waals surface area contributed by atoms with Crippen LogP contribution in [0.25, 0.3) is 0 Å². The molecule has 0 aromatic heterocycles. The Kier molecular flexibility index (Phi) is 13.2. The number of fused-ring (bicyclic) bond motifs is 1. The maximum Gasteiger partial charge on any atom is 0.329 e. The van der Waals surface area contributed by atoms with Gasteiger partial charge in [0.25, 0.3) is 5.91 Å². The van der Waals surface area contributed by atoms with Crippen LogP contribution >= 0.6 is 0 Å². The van der Waals surface area contributed by atoms with E-state index in [2.05, 4.69) is 21.3 Å². The zero-order valence-electron chi connectivity index (χ0n) is 35.8. The lowest BCUT2D eigenvalue weighted by Crippen LogP contribution is -2.63. The topological polar surface area (TPSA) is 172 Å². The molecule has 4 aliphatic rings. The van der Waals surface area contributed by atoms with Crippen molar-refractivity contribution in [3.8, 4) is 0 Å². The summed E-state index contributed by atoms with van der Waals surface area (Å²) in [7, 11) is 0. The smallest absolute Gasteiger partial charge is 0.329 e. The standard InChI is InChI=1S/C44H67N5O8/c1-26(28-17-13-11-14-18-28)45-37(52)33(50)30(23-27-19-20-27)46-36(51)32-29-24-43(8,9)56-31(29)25-49(32)38(53)34(44(10)21-15-12-16-22-44)47-40(55)48-35(41(2,3)4)39(54)57-42(5,6)7/h11,13-14,17-18,26-27,29-32,34-35H,12,15-16,19-25H2,1-10H3,(H,45,52)(H,46,51)(H2,47,48,55)/t26-,29-,30?,31-,32-,34+,35+/m0/s1. The highest BCUT2D eigenvalue weighted by Gasteiger charge is 2.57. The van der Waals surface area contributed by atoms with E-state index in [0.29, 0.717) is 25.7 Å². The SMILES string of the molecule is C[C@H](NC(=O)C(=O)C(CC1CC1)NC(=O)[C@@H]1[C@H]2CC(C)(C)O[C@H]2CN1C(=O)[C@@H](NC(=O)N[C@H](C(=O)OC(C)(C)C)C(C)(C)C)C1(C)CCCCC1)c1ccccc1. The van der Waals surface area contributed by atoms with Gasteiger partial charge in [0.1, 0.15) is 23.7 Å². The van der Waals surface area contributed by atoms with E-state index in [1.165, 1.54) is 4.90 Å². The molecule has 13 nitrogen and oxygen atoms in total. The number of hydrogen-bond donors (Lipinski definition) is 4. The summed E-state index contributed by atoms with van der Waals surface area (Å²) in [5.74, 6) is -3.20. The summed E-state index contributed by atoms with van der Waals surface area (Å²) >= 11 is 0. The number of carbonyl (C=O) groups is 6. The van der Waals surface area contributed by atoms with Gasteiger partial charge >= 0.3 is 12.0 Å². The molecule has 57 heavy (non-hydrogen) atoms. The molecule has 0 spiro atoms. The number of hydrogen-bond acceptors (Lipinski definition) is 8. The van der Waals surface area contributed by atoms with Crippen LogP contribution in [0.15, 0.2) is 30.3 Å². The van der Waals surface area contributed by atoms with E-state index < -0.39 is 93.9 Å². The average Bonchev–Trinajstić information content (AvgIpc) is 3.79. The van der Waals surface area contributed by atoms with Gasteiger partial charge in [-0.25, -0.2) is 9.59 Å². The van der Waals surface area contributed by atoms with E-state index in [0.717, 1.165) is 37.7 Å². The molecule has 4 N–H and O–H groups in total. The second-order valence-electron chi connectivity index (χ2n) is 20.0. The molecule has 316 valence electrons. The number of urea groups is 1. The minimum Gasteiger partial charge on any atom is -0.458 e. The summed E-state index contributed by atoms with van der Waals surface area (Å²) in [4.78, 5) is 85.8. The Labute approximate surface area is 338 Å². The summed E-state index contributed by atoms with van der Waals surface area (Å²) < 4.78 is 12.1. The molecule has 2 aliphatic heterocycles. The second kappa shape index (κ2) is 17.1. The summed E-state index contributed by atoms with van der Waals surface area (Å²) in [5, 5.41) is 11.5. The third kappa shape index (κ3) is 11.1. The second-order valence-corrected chi connectivity index (χ2v) is 20.0. The molecule has 1 unspecified atom stereocenters. The van der Waals surface area contributed by atoms with Crippen molar-refractivity contribution in [1.29, 1.82) is 0 Å². The summed E-state index contributed by atoms with van der Waals surface area (Å²) in [6, 6.07) is 4.10. The van der Waals surface area contributed by atoms with Gasteiger partial charge in [-0.3, -0.25) is 19.2 Å². The lowest BCUT2D eigenvalue weighted by molar-refractivity contribution is -0.160. The Balaban J connectivity index is 1.41. The number of ketones is 1. The van der Waals surface area contributed by atoms with Crippen LogP contribution in [-0.2, 0) is 33.4 Å². The highest BCUT2D eigenvalue weighted by molar-refractivity contribution is 6.38. The first-order valence-corrected chi connectivity index (χ1v) is 21.0. The van der Waals surface area contributed by atoms with Crippen LogP contribution in [0.2, 0.25) is 0 Å². The van der Waals surface area contributed by atoms with E-state index in [1.54, 1.807) is 27.7 Å². The van der Waals surface area contributed by atoms with Gasteiger partial charge in [-0.15, -0.1) is 0 Å². The number of benzene rings is 1. The summed E-state index contributed by atoms with van der Waals surface area (Å²) in [6.45, 7) is 18.6. The lowest BCUT2D eigenvalue weighted by Gasteiger charge is -2.43. The zero-order chi connectivity index (χ0) is 42.1. The molecule has 4 fully saturated rings. The van der Waals surface area contributed by atoms with Gasteiger partial charge in [-0.2, -0.15) is 0 Å². The Morgan fingerprint density at radius 2 is 1.51 bits per heavy atom. The number of Topliss-reactive ketones (excluding diaryl/α,β-unsaturated/α-hetero) is 1. The third-order valence-corrected chi connectivity index (χ3v) is 12.1. The van der Waals surface area contributed by atoms with E-state index >= 15 is 4.79 Å². The molecule has 7 atom stereocenters. The molecule has 2 saturated heterocycles. The van der Waals surface area contributed by atoms with Crippen LogP contribution in [0.4, 0.5) is 4.79 Å². The van der Waals surface area contributed by atoms with Crippen molar-refractivity contribution in [3.05, 3.63) is 35.9 Å². The van der Waals surface area contributed by atoms with E-state index in [9.17, 15) is 24.0 Å². The number of likely N-dealkylation sites (tertiary alicyclic amines) is 1. The number of esters is 1. The van der Waals surface area contributed by atoms with Crippen LogP contribution in [0.1, 0.15) is 139 Å². The molecular weight excluding hydrogens is 727 g/mol. The van der Waals surface area contributed by atoms with Crippen molar-refractivity contribution in [3.63, 3.8) is 0 Å². The van der Waals surface area contributed by atoms with Gasteiger partial charge in [0.05, 0.1) is 23.8 Å². The van der Waals surface area contributed by atoms with Crippen molar-refractivity contribution < 1.29 is 38.2 Å². The monoisotopic (exact) mass is 793 g/mol. The molecule has 5 rings (SSSR count). The number of carbonyl (C=O) groups excluding carboxylic acids is 6. The predicted octanol–water partition coefficient (Wildman–Crippen LogP) is 5.51. The maximum absolute atomic E-state index is 15.1. The van der Waals surface area contributed by atoms with Gasteiger partial charge < -0.3 is 35.6 Å². The van der Waals surface area contributed by atoms with Gasteiger partial charge in [0.2, 0.25) is 17.6 Å². The summed E-state index contributed by atoms with van der Waals surface area (Å²) in [6.07, 6.45) is 6.27. The third-order valence-electron chi connectivity index (χ3n) is 12.1. The fraction of sp³-hybridized carbons (Fsp3) is 0.727. The molecule has 2 saturated carbocycles. The number of ether oxygens (including phenoxy) is 2. The van der Waals surface area contributed by atoms with Gasteiger partial charge in [0, 0.05) is 12.5 Å². The van der Waals surface area contributed by atoms with Crippen molar-refractivity contribution in [2.45, 2.75) is 175 Å². The molecule has 1 aromatic carbocycles.